The molecule has 4 nitrogen and oxygen atoms in total. The summed E-state index contributed by atoms with van der Waals surface area (Å²) in [4.78, 5) is 20.2. The van der Waals surface area contributed by atoms with Crippen molar-refractivity contribution in [3.63, 3.8) is 0 Å². The van der Waals surface area contributed by atoms with Gasteiger partial charge in [-0.15, -0.1) is 0 Å². The van der Waals surface area contributed by atoms with Crippen LogP contribution in [0.2, 0.25) is 0 Å². The molecule has 11 aromatic rings. The van der Waals surface area contributed by atoms with Crippen molar-refractivity contribution in [2.45, 2.75) is 44.4 Å². The number of nitrogens with zero attached hydrogens (tertiary/aromatic N) is 4. The Bertz CT molecular complexity index is 4220. The molecule has 0 saturated heterocycles. The first-order valence-corrected chi connectivity index (χ1v) is 27.2. The first-order chi connectivity index (χ1) is 38.1. The monoisotopic (exact) mass is 1000 g/mol. The van der Waals surface area contributed by atoms with Gasteiger partial charge in [0, 0.05) is 51.5 Å². The molecule has 4 heterocycles. The number of aromatic nitrogens is 4. The van der Waals surface area contributed by atoms with E-state index in [1.54, 1.807) is 0 Å². The molecule has 0 aliphatic heterocycles. The van der Waals surface area contributed by atoms with Gasteiger partial charge in [0.25, 0.3) is 0 Å². The summed E-state index contributed by atoms with van der Waals surface area (Å²) in [5, 5.41) is 0. The van der Waals surface area contributed by atoms with Crippen LogP contribution in [0.15, 0.2) is 255 Å². The maximum atomic E-state index is 5.34. The first-order valence-electron chi connectivity index (χ1n) is 27.2. The SMILES string of the molecule is CC1(C)c2cc(-c3cc(-c4ccccc4)ccn3)ccc2-c2ccc(-c3cc(-c4cccc(-c5cccc(-c6cccc(C7=CC8C(C=C7)c7ccc(-c9cccc(-c%10ccccc%10)n9)cc7C8(C)C)n6)c5)c4)ccn3)cc21. The molecule has 0 radical (unpaired) electrons. The van der Waals surface area contributed by atoms with Crippen LogP contribution in [0, 0.1) is 5.92 Å². The van der Waals surface area contributed by atoms with Crippen molar-refractivity contribution < 1.29 is 0 Å². The standard InChI is InChI=1S/C74H56N4/c1-73(2)63-41-55(69-25-13-23-67(77-69)48-17-9-6-10-18-48)27-31-59(63)60-32-28-56(42-64(60)73)70-26-14-24-68(78-70)54-22-12-21-51(40-54)49-19-11-20-50(39-49)53-36-38-76-72(46-53)58-30-34-62-61-33-29-57(43-65(61)74(3,4)66(62)44-58)71-45-52(35-37-75-71)47-15-7-5-8-16-47/h5-46,60,64H,1-4H3. The summed E-state index contributed by atoms with van der Waals surface area (Å²) in [6, 6.07) is 80.7. The average Bonchev–Trinajstić information content (AvgIpc) is 3.94. The Morgan fingerprint density at radius 2 is 0.769 bits per heavy atom. The van der Waals surface area contributed by atoms with Gasteiger partial charge in [-0.25, -0.2) is 9.97 Å². The summed E-state index contributed by atoms with van der Waals surface area (Å²) in [6.45, 7) is 9.47. The highest BCUT2D eigenvalue weighted by Crippen LogP contribution is 2.55. The first kappa shape index (κ1) is 47.1. The van der Waals surface area contributed by atoms with Crippen LogP contribution in [0.4, 0.5) is 0 Å². The Morgan fingerprint density at radius 3 is 1.38 bits per heavy atom. The van der Waals surface area contributed by atoms with Crippen molar-refractivity contribution in [1.29, 1.82) is 0 Å². The normalized spacial score (nSPS) is 16.2. The van der Waals surface area contributed by atoms with E-state index in [0.717, 1.165) is 84.2 Å². The van der Waals surface area contributed by atoms with Gasteiger partial charge >= 0.3 is 0 Å². The Kier molecular flexibility index (Phi) is 11.3. The second-order valence-corrected chi connectivity index (χ2v) is 22.3. The molecule has 0 bridgehead atoms. The van der Waals surface area contributed by atoms with E-state index in [0.29, 0.717) is 11.8 Å². The van der Waals surface area contributed by atoms with Gasteiger partial charge < -0.3 is 0 Å². The fraction of sp³-hybridized carbons (Fsp3) is 0.108. The molecule has 78 heavy (non-hydrogen) atoms. The van der Waals surface area contributed by atoms with Crippen LogP contribution in [-0.2, 0) is 10.8 Å². The summed E-state index contributed by atoms with van der Waals surface area (Å²) in [5.74, 6) is 0.601. The number of fused-ring (bicyclic) bond motifs is 6. The largest absolute Gasteiger partial charge is 0.256 e. The van der Waals surface area contributed by atoms with Gasteiger partial charge in [0.2, 0.25) is 0 Å². The summed E-state index contributed by atoms with van der Waals surface area (Å²) >= 11 is 0. The molecule has 0 amide bonds. The molecular weight excluding hydrogens is 945 g/mol. The lowest BCUT2D eigenvalue weighted by Gasteiger charge is -2.31. The average molecular weight is 1000 g/mol. The molecule has 4 aromatic heterocycles. The number of hydrogen-bond acceptors (Lipinski definition) is 4. The molecule has 0 spiro atoms. The van der Waals surface area contributed by atoms with Crippen molar-refractivity contribution >= 4 is 5.57 Å². The zero-order valence-corrected chi connectivity index (χ0v) is 44.2. The molecule has 372 valence electrons. The molecule has 2 atom stereocenters. The van der Waals surface area contributed by atoms with Crippen molar-refractivity contribution in [2.24, 2.45) is 5.92 Å². The summed E-state index contributed by atoms with van der Waals surface area (Å²) in [5.41, 5.74) is 27.2. The fourth-order valence-corrected chi connectivity index (χ4v) is 12.6. The van der Waals surface area contributed by atoms with Gasteiger partial charge in [0.05, 0.1) is 34.2 Å². The van der Waals surface area contributed by atoms with Crippen LogP contribution in [0.25, 0.3) is 106 Å². The zero-order valence-electron chi connectivity index (χ0n) is 44.2. The third-order valence-corrected chi connectivity index (χ3v) is 16.9. The van der Waals surface area contributed by atoms with Crippen LogP contribution in [0.5, 0.6) is 0 Å². The van der Waals surface area contributed by atoms with E-state index in [4.69, 9.17) is 19.9 Å². The molecule has 0 fully saturated rings. The van der Waals surface area contributed by atoms with E-state index in [-0.39, 0.29) is 10.8 Å². The van der Waals surface area contributed by atoms with Gasteiger partial charge in [-0.05, 0) is 163 Å². The van der Waals surface area contributed by atoms with Crippen LogP contribution in [0.3, 0.4) is 0 Å². The maximum absolute atomic E-state index is 5.34. The van der Waals surface area contributed by atoms with E-state index in [1.807, 2.05) is 18.5 Å². The minimum atomic E-state index is -0.208. The Labute approximate surface area is 457 Å². The van der Waals surface area contributed by atoms with E-state index in [9.17, 15) is 0 Å². The molecule has 14 rings (SSSR count). The third kappa shape index (κ3) is 8.24. The molecule has 4 heteroatoms. The molecule has 0 N–H and O–H groups in total. The second kappa shape index (κ2) is 18.7. The number of pyridine rings is 4. The predicted octanol–water partition coefficient (Wildman–Crippen LogP) is 18.6. The topological polar surface area (TPSA) is 51.6 Å². The lowest BCUT2D eigenvalue weighted by molar-refractivity contribution is 0.395. The minimum absolute atomic E-state index is 0.0880. The summed E-state index contributed by atoms with van der Waals surface area (Å²) in [7, 11) is 0. The van der Waals surface area contributed by atoms with Gasteiger partial charge in [-0.1, -0.05) is 192 Å². The number of hydrogen-bond donors (Lipinski definition) is 0. The quantitative estimate of drug-likeness (QED) is 0.145. The van der Waals surface area contributed by atoms with Gasteiger partial charge in [-0.3, -0.25) is 9.97 Å². The van der Waals surface area contributed by atoms with Crippen LogP contribution in [0.1, 0.15) is 61.6 Å². The van der Waals surface area contributed by atoms with E-state index in [1.165, 1.54) is 50.1 Å². The van der Waals surface area contributed by atoms with E-state index < -0.39 is 0 Å². The molecule has 3 aliphatic carbocycles. The number of benzene rings is 7. The van der Waals surface area contributed by atoms with Gasteiger partial charge in [-0.2, -0.15) is 0 Å². The highest BCUT2D eigenvalue weighted by atomic mass is 14.7. The smallest absolute Gasteiger partial charge is 0.0709 e. The lowest BCUT2D eigenvalue weighted by atomic mass is 9.73. The van der Waals surface area contributed by atoms with Gasteiger partial charge in [0.1, 0.15) is 0 Å². The van der Waals surface area contributed by atoms with Crippen LogP contribution in [-0.4, -0.2) is 19.9 Å². The van der Waals surface area contributed by atoms with Crippen molar-refractivity contribution in [3.05, 3.63) is 283 Å². The summed E-state index contributed by atoms with van der Waals surface area (Å²) in [6.07, 6.45) is 11.0. The van der Waals surface area contributed by atoms with Crippen LogP contribution >= 0.6 is 0 Å². The molecule has 3 aliphatic rings. The molecule has 7 aromatic carbocycles. The third-order valence-electron chi connectivity index (χ3n) is 16.9. The fourth-order valence-electron chi connectivity index (χ4n) is 12.6. The molecular formula is C74H56N4. The Morgan fingerprint density at radius 1 is 0.333 bits per heavy atom. The number of allylic oxidation sites excluding steroid dienone is 4. The van der Waals surface area contributed by atoms with E-state index in [2.05, 4.69) is 264 Å². The summed E-state index contributed by atoms with van der Waals surface area (Å²) < 4.78 is 0. The highest BCUT2D eigenvalue weighted by Gasteiger charge is 2.45. The highest BCUT2D eigenvalue weighted by molar-refractivity contribution is 5.87. The number of rotatable bonds is 9. The zero-order chi connectivity index (χ0) is 52.5. The Hall–Kier alpha value is -9.38. The second-order valence-electron chi connectivity index (χ2n) is 22.3. The molecule has 0 saturated carbocycles. The maximum Gasteiger partial charge on any atom is 0.0709 e. The van der Waals surface area contributed by atoms with E-state index >= 15 is 0 Å². The Balaban J connectivity index is 0.701. The lowest BCUT2D eigenvalue weighted by Crippen LogP contribution is -2.25. The van der Waals surface area contributed by atoms with Crippen LogP contribution < -0.4 is 0 Å². The van der Waals surface area contributed by atoms with Crippen molar-refractivity contribution in [1.82, 2.24) is 19.9 Å². The molecule has 2 unspecified atom stereocenters. The van der Waals surface area contributed by atoms with Gasteiger partial charge in [0.15, 0.2) is 0 Å². The van der Waals surface area contributed by atoms with Crippen molar-refractivity contribution in [2.75, 3.05) is 0 Å². The predicted molar refractivity (Wildman–Crippen MR) is 321 cm³/mol. The minimum Gasteiger partial charge on any atom is -0.256 e. The van der Waals surface area contributed by atoms with Crippen molar-refractivity contribution in [3.8, 4) is 101 Å².